The van der Waals surface area contributed by atoms with Crippen molar-refractivity contribution in [3.05, 3.63) is 0 Å². The summed E-state index contributed by atoms with van der Waals surface area (Å²) in [6.45, 7) is 80.0. The molecule has 0 aliphatic heterocycles. The van der Waals surface area contributed by atoms with E-state index in [1.165, 1.54) is 180 Å². The van der Waals surface area contributed by atoms with Gasteiger partial charge in [0, 0.05) is 0 Å². The Bertz CT molecular complexity index is 414. The van der Waals surface area contributed by atoms with Gasteiger partial charge in [0.15, 0.2) is 0 Å². The van der Waals surface area contributed by atoms with Crippen LogP contribution in [0.1, 0.15) is 429 Å². The molecule has 0 nitrogen and oxygen atoms in total. The molecule has 72 heavy (non-hydrogen) atoms. The topological polar surface area (TPSA) is 0 Å². The summed E-state index contributed by atoms with van der Waals surface area (Å²) in [6, 6.07) is 0. The van der Waals surface area contributed by atoms with Crippen molar-refractivity contribution in [2.24, 2.45) is 47.3 Å². The summed E-state index contributed by atoms with van der Waals surface area (Å²) in [4.78, 5) is 0. The summed E-state index contributed by atoms with van der Waals surface area (Å²) in [5, 5.41) is 0. The molecule has 0 aromatic carbocycles. The van der Waals surface area contributed by atoms with Crippen molar-refractivity contribution in [2.75, 3.05) is 0 Å². The zero-order valence-electron chi connectivity index (χ0n) is 60.4. The van der Waals surface area contributed by atoms with Gasteiger partial charge in [0.2, 0.25) is 0 Å². The first kappa shape index (κ1) is 108. The minimum absolute atomic E-state index is 0.898. The molecule has 0 heteroatoms. The maximum Gasteiger partial charge on any atom is -0.0471 e. The first-order valence-electron chi connectivity index (χ1n) is 33.6. The molecule has 0 heterocycles. The smallest absolute Gasteiger partial charge is 0.0471 e. The van der Waals surface area contributed by atoms with Gasteiger partial charge in [-0.1, -0.05) is 429 Å². The molecule has 0 spiro atoms. The number of hydrogen-bond acceptors (Lipinski definition) is 0. The minimum Gasteiger partial charge on any atom is -0.0654 e. The fourth-order valence-corrected chi connectivity index (χ4v) is 4.62. The van der Waals surface area contributed by atoms with Crippen molar-refractivity contribution in [3.8, 4) is 0 Å². The highest BCUT2D eigenvalue weighted by Gasteiger charge is 1.89. The summed E-state index contributed by atoms with van der Waals surface area (Å²) in [5.41, 5.74) is 0. The van der Waals surface area contributed by atoms with E-state index in [0.717, 1.165) is 47.3 Å². The molecule has 0 saturated heterocycles. The van der Waals surface area contributed by atoms with E-state index in [9.17, 15) is 0 Å². The molecule has 0 atom stereocenters. The molecule has 460 valence electrons. The molecule has 0 bridgehead atoms. The van der Waals surface area contributed by atoms with Gasteiger partial charge in [-0.2, -0.15) is 0 Å². The van der Waals surface area contributed by atoms with Crippen LogP contribution in [0.15, 0.2) is 0 Å². The van der Waals surface area contributed by atoms with Crippen molar-refractivity contribution < 1.29 is 0 Å². The highest BCUT2D eigenvalue weighted by Crippen LogP contribution is 2.04. The Hall–Kier alpha value is 0. The van der Waals surface area contributed by atoms with Crippen LogP contribution in [0.4, 0.5) is 0 Å². The Kier molecular flexibility index (Phi) is 193. The molecule has 0 radical (unpaired) electrons. The first-order chi connectivity index (χ1) is 33.6. The van der Waals surface area contributed by atoms with Gasteiger partial charge in [-0.25, -0.2) is 0 Å². The second-order valence-electron chi connectivity index (χ2n) is 23.5. The summed E-state index contributed by atoms with van der Waals surface area (Å²) in [6.07, 6.45) is 37.5. The fourth-order valence-electron chi connectivity index (χ4n) is 4.62. The molecule has 0 aromatic heterocycles. The normalized spacial score (nSPS) is 9.17. The van der Waals surface area contributed by atoms with Crippen LogP contribution in [0.2, 0.25) is 0 Å². The Morgan fingerprint density at radius 2 is 0.167 bits per heavy atom. The van der Waals surface area contributed by atoms with E-state index in [1.54, 1.807) is 0 Å². The van der Waals surface area contributed by atoms with E-state index >= 15 is 0 Å². The van der Waals surface area contributed by atoms with Crippen LogP contribution >= 0.6 is 0 Å². The monoisotopic (exact) mass is 1040 g/mol. The lowest BCUT2D eigenvalue weighted by molar-refractivity contribution is 0.576. The number of hydrogen-bond donors (Lipinski definition) is 0. The second kappa shape index (κ2) is 129. The lowest BCUT2D eigenvalue weighted by Gasteiger charge is -1.95. The maximum absolute atomic E-state index is 2.25. The highest BCUT2D eigenvalue weighted by molar-refractivity contribution is 4.42. The van der Waals surface area contributed by atoms with E-state index in [4.69, 9.17) is 0 Å². The molecule has 0 unspecified atom stereocenters. The zero-order chi connectivity index (χ0) is 60.4. The van der Waals surface area contributed by atoms with Gasteiger partial charge in [0.25, 0.3) is 0 Å². The molecule has 0 N–H and O–H groups in total. The Labute approximate surface area is 474 Å². The van der Waals surface area contributed by atoms with Crippen LogP contribution in [0, 0.1) is 47.3 Å². The van der Waals surface area contributed by atoms with E-state index in [2.05, 4.69) is 249 Å². The maximum atomic E-state index is 2.25. The van der Waals surface area contributed by atoms with Crippen molar-refractivity contribution in [3.63, 3.8) is 0 Å². The summed E-state index contributed by atoms with van der Waals surface area (Å²) < 4.78 is 0. The number of rotatable bonds is 22. The number of unbranched alkanes of at least 4 members (excludes halogenated alkanes) is 6. The third kappa shape index (κ3) is 370. The van der Waals surface area contributed by atoms with Crippen molar-refractivity contribution >= 4 is 0 Å². The Morgan fingerprint density at radius 3 is 0.167 bits per heavy atom. The van der Waals surface area contributed by atoms with Crippen LogP contribution in [0.5, 0.6) is 0 Å². The van der Waals surface area contributed by atoms with Crippen LogP contribution in [0.25, 0.3) is 0 Å². The van der Waals surface area contributed by atoms with Crippen LogP contribution in [-0.4, -0.2) is 0 Å². The SMILES string of the molecule is CCCC.CCCC.CCCC.CCCC.CCCC.CCCC.CCCC(C)C.CCCC(C)C.CCCC(C)C.CCCC(C)C.CCCC(C)C.CCCC(C)C.CCCC(C)C.CCCC(C)C. The van der Waals surface area contributed by atoms with E-state index in [0.29, 0.717) is 0 Å². The predicted octanol–water partition coefficient (Wildman–Crippen LogP) is 30.4. The van der Waals surface area contributed by atoms with Gasteiger partial charge in [0.05, 0.1) is 0 Å². The highest BCUT2D eigenvalue weighted by atomic mass is 14.0. The van der Waals surface area contributed by atoms with E-state index in [1.807, 2.05) is 0 Å². The van der Waals surface area contributed by atoms with Gasteiger partial charge in [0.1, 0.15) is 0 Å². The zero-order valence-corrected chi connectivity index (χ0v) is 60.4. The van der Waals surface area contributed by atoms with Gasteiger partial charge in [-0.05, 0) is 47.3 Å². The third-order valence-electron chi connectivity index (χ3n) is 9.93. The summed E-state index contributed by atoms with van der Waals surface area (Å²) in [7, 11) is 0. The molecule has 0 amide bonds. The average Bonchev–Trinajstić information content (AvgIpc) is 3.30. The lowest BCUT2D eigenvalue weighted by atomic mass is 10.1. The van der Waals surface area contributed by atoms with Gasteiger partial charge < -0.3 is 0 Å². The summed E-state index contributed by atoms with van der Waals surface area (Å²) >= 11 is 0. The molecule has 0 fully saturated rings. The van der Waals surface area contributed by atoms with Crippen molar-refractivity contribution in [2.45, 2.75) is 429 Å². The quantitative estimate of drug-likeness (QED) is 0.101. The molecule has 0 rings (SSSR count). The van der Waals surface area contributed by atoms with Gasteiger partial charge in [-0.15, -0.1) is 0 Å². The Balaban J connectivity index is -0.0000000421. The molecule has 0 aliphatic rings. The van der Waals surface area contributed by atoms with E-state index in [-0.39, 0.29) is 0 Å². The largest absolute Gasteiger partial charge is 0.0654 e. The summed E-state index contributed by atoms with van der Waals surface area (Å²) in [5.74, 6) is 7.19. The lowest BCUT2D eigenvalue weighted by Crippen LogP contribution is -1.81. The first-order valence-corrected chi connectivity index (χ1v) is 33.6. The standard InChI is InChI=1S/8C6H14.6C4H10/c8*1-4-5-6(2)3;6*1-3-4-2/h8*6H,4-5H2,1-3H3;6*3-4H2,1-2H3. The van der Waals surface area contributed by atoms with E-state index < -0.39 is 0 Å². The fraction of sp³-hybridized carbons (Fsp3) is 1.00. The molecule has 0 saturated carbocycles. The van der Waals surface area contributed by atoms with Crippen LogP contribution < -0.4 is 0 Å². The van der Waals surface area contributed by atoms with Gasteiger partial charge in [-0.3, -0.25) is 0 Å². The van der Waals surface area contributed by atoms with Crippen LogP contribution in [-0.2, 0) is 0 Å². The molecule has 0 aliphatic carbocycles. The minimum atomic E-state index is 0.898. The van der Waals surface area contributed by atoms with Gasteiger partial charge >= 0.3 is 0 Å². The average molecular weight is 1040 g/mol. The van der Waals surface area contributed by atoms with Crippen LogP contribution in [0.3, 0.4) is 0 Å². The van der Waals surface area contributed by atoms with Crippen molar-refractivity contribution in [1.29, 1.82) is 0 Å². The predicted molar refractivity (Wildman–Crippen MR) is 361 cm³/mol. The molecular weight excluding hydrogens is 865 g/mol. The van der Waals surface area contributed by atoms with Crippen molar-refractivity contribution in [1.82, 2.24) is 0 Å². The second-order valence-corrected chi connectivity index (χ2v) is 23.5. The third-order valence-corrected chi connectivity index (χ3v) is 9.93. The molecule has 0 aromatic rings. The molecular formula is C72H172. The Morgan fingerprint density at radius 1 is 0.111 bits per heavy atom.